The fourth-order valence-corrected chi connectivity index (χ4v) is 1.59. The van der Waals surface area contributed by atoms with Crippen LogP contribution >= 0.6 is 11.6 Å². The van der Waals surface area contributed by atoms with Crippen LogP contribution in [0.3, 0.4) is 0 Å². The number of anilines is 1. The van der Waals surface area contributed by atoms with E-state index in [1.807, 2.05) is 0 Å². The number of nitrogens with two attached hydrogens (primary N) is 1. The second-order valence-corrected chi connectivity index (χ2v) is 4.00. The molecule has 0 spiro atoms. The lowest BCUT2D eigenvalue weighted by Crippen LogP contribution is -2.23. The van der Waals surface area contributed by atoms with E-state index in [0.717, 1.165) is 0 Å². The average molecular weight is 279 g/mol. The Morgan fingerprint density at radius 3 is 2.95 bits per heavy atom. The highest BCUT2D eigenvalue weighted by Gasteiger charge is 2.09. The molecular weight excluding hydrogens is 268 g/mol. The van der Waals surface area contributed by atoms with Gasteiger partial charge in [-0.05, 0) is 18.2 Å². The van der Waals surface area contributed by atoms with Gasteiger partial charge in [-0.3, -0.25) is 4.79 Å². The summed E-state index contributed by atoms with van der Waals surface area (Å²) in [6.07, 6.45) is 2.95. The highest BCUT2D eigenvalue weighted by molar-refractivity contribution is 6.33. The molecule has 2 aromatic heterocycles. The predicted octanol–water partition coefficient (Wildman–Crippen LogP) is 0.741. The zero-order valence-electron chi connectivity index (χ0n) is 9.80. The van der Waals surface area contributed by atoms with E-state index in [0.29, 0.717) is 17.1 Å². The lowest BCUT2D eigenvalue weighted by molar-refractivity contribution is 0.0950. The molecule has 8 heteroatoms. The zero-order chi connectivity index (χ0) is 13.7. The largest absolute Gasteiger partial charge is 0.346 e. The normalized spacial score (nSPS) is 10.0. The van der Waals surface area contributed by atoms with Crippen LogP contribution in [-0.4, -0.2) is 21.1 Å². The maximum absolute atomic E-state index is 11.9. The Balaban J connectivity index is 2.02. The number of aromatic nitrogens is 3. The number of nitrogens with zero attached hydrogens (tertiary/aromatic N) is 3. The smallest absolute Gasteiger partial charge is 0.253 e. The summed E-state index contributed by atoms with van der Waals surface area (Å²) in [7, 11) is 0. The van der Waals surface area contributed by atoms with Gasteiger partial charge in [0.05, 0.1) is 22.8 Å². The van der Waals surface area contributed by atoms with Gasteiger partial charge in [-0.2, -0.15) is 10.2 Å². The van der Waals surface area contributed by atoms with Crippen molar-refractivity contribution in [1.29, 1.82) is 0 Å². The maximum Gasteiger partial charge on any atom is 0.253 e. The third-order valence-corrected chi connectivity index (χ3v) is 2.59. The van der Waals surface area contributed by atoms with Gasteiger partial charge >= 0.3 is 0 Å². The molecule has 4 N–H and O–H groups in total. The number of amides is 1. The molecule has 0 aromatic carbocycles. The first-order chi connectivity index (χ1) is 9.20. The van der Waals surface area contributed by atoms with E-state index < -0.39 is 0 Å². The van der Waals surface area contributed by atoms with Crippen LogP contribution in [0.15, 0.2) is 30.6 Å². The van der Waals surface area contributed by atoms with E-state index in [2.05, 4.69) is 25.9 Å². The molecule has 98 valence electrons. The van der Waals surface area contributed by atoms with Gasteiger partial charge in [0.15, 0.2) is 5.82 Å². The number of hydrogen-bond acceptors (Lipinski definition) is 6. The fraction of sp³-hybridized carbons (Fsp3) is 0.0909. The van der Waals surface area contributed by atoms with E-state index in [1.54, 1.807) is 18.3 Å². The van der Waals surface area contributed by atoms with Crippen molar-refractivity contribution in [3.63, 3.8) is 0 Å². The molecule has 2 aromatic rings. The summed E-state index contributed by atoms with van der Waals surface area (Å²) in [5.41, 5.74) is 3.33. The molecule has 0 saturated heterocycles. The van der Waals surface area contributed by atoms with E-state index in [-0.39, 0.29) is 17.5 Å². The summed E-state index contributed by atoms with van der Waals surface area (Å²) >= 11 is 5.88. The third kappa shape index (κ3) is 3.36. The maximum atomic E-state index is 11.9. The standard InChI is InChI=1S/C11H11ClN6O/c12-9-4-7(5-14-10(9)17-13)11(19)15-6-8-2-1-3-16-18-8/h1-5H,6,13H2,(H,14,17)(H,15,19). The molecule has 0 unspecified atom stereocenters. The van der Waals surface area contributed by atoms with Gasteiger partial charge in [0.25, 0.3) is 5.91 Å². The van der Waals surface area contributed by atoms with Crippen LogP contribution in [0.4, 0.5) is 5.82 Å². The summed E-state index contributed by atoms with van der Waals surface area (Å²) in [6, 6.07) is 4.99. The molecule has 0 aliphatic carbocycles. The minimum absolute atomic E-state index is 0.273. The van der Waals surface area contributed by atoms with Gasteiger partial charge in [0, 0.05) is 12.4 Å². The van der Waals surface area contributed by atoms with Crippen molar-refractivity contribution in [3.05, 3.63) is 46.9 Å². The second-order valence-electron chi connectivity index (χ2n) is 3.60. The van der Waals surface area contributed by atoms with Gasteiger partial charge < -0.3 is 10.7 Å². The van der Waals surface area contributed by atoms with Crippen molar-refractivity contribution in [2.75, 3.05) is 5.43 Å². The molecule has 0 saturated carbocycles. The SMILES string of the molecule is NNc1ncc(C(=O)NCc2cccnn2)cc1Cl. The van der Waals surface area contributed by atoms with E-state index >= 15 is 0 Å². The number of hydrazine groups is 1. The van der Waals surface area contributed by atoms with Crippen LogP contribution in [0.5, 0.6) is 0 Å². The van der Waals surface area contributed by atoms with Crippen molar-refractivity contribution in [2.24, 2.45) is 5.84 Å². The van der Waals surface area contributed by atoms with Crippen LogP contribution in [0.1, 0.15) is 16.1 Å². The molecule has 19 heavy (non-hydrogen) atoms. The molecular formula is C11H11ClN6O. The second kappa shape index (κ2) is 6.07. The summed E-state index contributed by atoms with van der Waals surface area (Å²) in [6.45, 7) is 0.279. The topological polar surface area (TPSA) is 106 Å². The first kappa shape index (κ1) is 13.2. The summed E-state index contributed by atoms with van der Waals surface area (Å²) < 4.78 is 0. The van der Waals surface area contributed by atoms with Crippen molar-refractivity contribution in [1.82, 2.24) is 20.5 Å². The van der Waals surface area contributed by atoms with Gasteiger partial charge in [0.1, 0.15) is 0 Å². The van der Waals surface area contributed by atoms with Gasteiger partial charge in [-0.25, -0.2) is 10.8 Å². The van der Waals surface area contributed by atoms with Crippen molar-refractivity contribution < 1.29 is 4.79 Å². The Morgan fingerprint density at radius 1 is 1.47 bits per heavy atom. The summed E-state index contributed by atoms with van der Waals surface area (Å²) in [4.78, 5) is 15.8. The van der Waals surface area contributed by atoms with Crippen molar-refractivity contribution >= 4 is 23.3 Å². The molecule has 2 rings (SSSR count). The first-order valence-electron chi connectivity index (χ1n) is 5.37. The summed E-state index contributed by atoms with van der Waals surface area (Å²) in [5, 5.41) is 10.5. The number of carbonyl (C=O) groups excluding carboxylic acids is 1. The Labute approximate surface area is 114 Å². The van der Waals surface area contributed by atoms with Crippen LogP contribution < -0.4 is 16.6 Å². The van der Waals surface area contributed by atoms with Crippen molar-refractivity contribution in [2.45, 2.75) is 6.54 Å². The van der Waals surface area contributed by atoms with E-state index in [4.69, 9.17) is 17.4 Å². The van der Waals surface area contributed by atoms with Crippen LogP contribution in [-0.2, 0) is 6.54 Å². The lowest BCUT2D eigenvalue weighted by Gasteiger charge is -2.06. The predicted molar refractivity (Wildman–Crippen MR) is 70.3 cm³/mol. The van der Waals surface area contributed by atoms with Crippen LogP contribution in [0.2, 0.25) is 5.02 Å². The monoisotopic (exact) mass is 278 g/mol. The molecule has 0 bridgehead atoms. The molecule has 0 atom stereocenters. The minimum atomic E-state index is -0.302. The Bertz CT molecular complexity index is 577. The molecule has 7 nitrogen and oxygen atoms in total. The third-order valence-electron chi connectivity index (χ3n) is 2.30. The number of pyridine rings is 1. The Morgan fingerprint density at radius 2 is 2.32 bits per heavy atom. The highest BCUT2D eigenvalue weighted by atomic mass is 35.5. The molecule has 0 fully saturated rings. The molecule has 2 heterocycles. The molecule has 0 radical (unpaired) electrons. The van der Waals surface area contributed by atoms with Gasteiger partial charge in [0.2, 0.25) is 0 Å². The molecule has 0 aliphatic rings. The first-order valence-corrected chi connectivity index (χ1v) is 5.75. The molecule has 1 amide bonds. The summed E-state index contributed by atoms with van der Waals surface area (Å²) in [5.74, 6) is 5.21. The van der Waals surface area contributed by atoms with Gasteiger partial charge in [-0.1, -0.05) is 11.6 Å². The lowest BCUT2D eigenvalue weighted by atomic mass is 10.2. The van der Waals surface area contributed by atoms with E-state index in [9.17, 15) is 4.79 Å². The Hall–Kier alpha value is -2.25. The number of halogens is 1. The Kier molecular flexibility index (Phi) is 4.22. The molecule has 0 aliphatic heterocycles. The quantitative estimate of drug-likeness (QED) is 0.563. The average Bonchev–Trinajstić information content (AvgIpc) is 2.45. The number of hydrogen-bond donors (Lipinski definition) is 3. The van der Waals surface area contributed by atoms with Crippen LogP contribution in [0.25, 0.3) is 0 Å². The van der Waals surface area contributed by atoms with Crippen LogP contribution in [0, 0.1) is 0 Å². The van der Waals surface area contributed by atoms with Crippen molar-refractivity contribution in [3.8, 4) is 0 Å². The minimum Gasteiger partial charge on any atom is -0.346 e. The fourth-order valence-electron chi connectivity index (χ4n) is 1.37. The highest BCUT2D eigenvalue weighted by Crippen LogP contribution is 2.18. The number of nitrogen functional groups attached to an aromatic ring is 1. The number of nitrogens with one attached hydrogen (secondary N) is 2. The van der Waals surface area contributed by atoms with Gasteiger partial charge in [-0.15, -0.1) is 0 Å². The zero-order valence-corrected chi connectivity index (χ0v) is 10.6. The number of rotatable bonds is 4. The number of carbonyl (C=O) groups is 1. The van der Waals surface area contributed by atoms with E-state index in [1.165, 1.54) is 12.3 Å².